The van der Waals surface area contributed by atoms with E-state index in [1.54, 1.807) is 19.1 Å². The van der Waals surface area contributed by atoms with Crippen molar-refractivity contribution < 1.29 is 23.8 Å². The van der Waals surface area contributed by atoms with Crippen molar-refractivity contribution in [3.63, 3.8) is 0 Å². The lowest BCUT2D eigenvalue weighted by atomic mass is 9.73. The van der Waals surface area contributed by atoms with Gasteiger partial charge < -0.3 is 15.2 Å². The Balaban J connectivity index is 2.23. The maximum Gasteiger partial charge on any atom is 0.305 e. The van der Waals surface area contributed by atoms with Crippen LogP contribution in [0, 0.1) is 5.82 Å². The molecule has 1 aliphatic rings. The van der Waals surface area contributed by atoms with Crippen LogP contribution in [-0.4, -0.2) is 36.2 Å². The van der Waals surface area contributed by atoms with Gasteiger partial charge in [0.2, 0.25) is 5.91 Å². The van der Waals surface area contributed by atoms with Crippen molar-refractivity contribution in [2.24, 2.45) is 0 Å². The molecule has 1 aromatic carbocycles. The van der Waals surface area contributed by atoms with Crippen molar-refractivity contribution in [3.8, 4) is 0 Å². The van der Waals surface area contributed by atoms with E-state index < -0.39 is 17.4 Å². The minimum absolute atomic E-state index is 0.137. The molecule has 1 atom stereocenters. The van der Waals surface area contributed by atoms with Crippen LogP contribution in [0.4, 0.5) is 4.39 Å². The molecule has 0 aliphatic carbocycles. The zero-order valence-corrected chi connectivity index (χ0v) is 12.5. The fourth-order valence-electron chi connectivity index (χ4n) is 2.81. The van der Waals surface area contributed by atoms with Crippen LogP contribution < -0.4 is 5.32 Å². The fraction of sp³-hybridized carbons (Fsp3) is 0.500. The molecule has 0 saturated carbocycles. The Kier molecular flexibility index (Phi) is 5.13. The van der Waals surface area contributed by atoms with Gasteiger partial charge in [-0.15, -0.1) is 0 Å². The van der Waals surface area contributed by atoms with Crippen LogP contribution in [0.15, 0.2) is 24.3 Å². The number of carboxylic acid groups (broad SMARTS) is 1. The summed E-state index contributed by atoms with van der Waals surface area (Å²) in [6, 6.07) is 5.43. The first kappa shape index (κ1) is 16.4. The van der Waals surface area contributed by atoms with Gasteiger partial charge in [-0.3, -0.25) is 9.59 Å². The van der Waals surface area contributed by atoms with Gasteiger partial charge in [0.1, 0.15) is 5.82 Å². The Labute approximate surface area is 128 Å². The molecular formula is C16H20FNO4. The van der Waals surface area contributed by atoms with E-state index in [-0.39, 0.29) is 18.1 Å². The maximum atomic E-state index is 13.1. The van der Waals surface area contributed by atoms with Gasteiger partial charge in [-0.25, -0.2) is 4.39 Å². The molecule has 0 radical (unpaired) electrons. The first-order valence-corrected chi connectivity index (χ1v) is 7.30. The zero-order chi connectivity index (χ0) is 16.2. The average molecular weight is 309 g/mol. The summed E-state index contributed by atoms with van der Waals surface area (Å²) in [6.07, 6.45) is 0.844. The number of hydrogen-bond donors (Lipinski definition) is 2. The van der Waals surface area contributed by atoms with Gasteiger partial charge in [0.05, 0.1) is 11.8 Å². The third-order valence-corrected chi connectivity index (χ3v) is 4.04. The molecule has 0 bridgehead atoms. The van der Waals surface area contributed by atoms with Crippen LogP contribution in [0.25, 0.3) is 0 Å². The molecule has 1 aliphatic heterocycles. The second-order valence-corrected chi connectivity index (χ2v) is 5.67. The van der Waals surface area contributed by atoms with E-state index in [1.165, 1.54) is 12.1 Å². The lowest BCUT2D eigenvalue weighted by molar-refractivity contribution is -0.138. The highest BCUT2D eigenvalue weighted by Crippen LogP contribution is 2.35. The van der Waals surface area contributed by atoms with E-state index in [9.17, 15) is 14.0 Å². The number of rotatable bonds is 5. The average Bonchev–Trinajstić information content (AvgIpc) is 2.47. The van der Waals surface area contributed by atoms with E-state index >= 15 is 0 Å². The molecule has 1 fully saturated rings. The Hall–Kier alpha value is -1.95. The van der Waals surface area contributed by atoms with Crippen LogP contribution in [0.2, 0.25) is 0 Å². The third kappa shape index (κ3) is 3.62. The van der Waals surface area contributed by atoms with Gasteiger partial charge in [-0.05, 0) is 37.5 Å². The van der Waals surface area contributed by atoms with Crippen molar-refractivity contribution in [3.05, 3.63) is 35.6 Å². The number of carbonyl (C=O) groups excluding carboxylic acids is 1. The first-order chi connectivity index (χ1) is 10.4. The summed E-state index contributed by atoms with van der Waals surface area (Å²) >= 11 is 0. The topological polar surface area (TPSA) is 75.6 Å². The van der Waals surface area contributed by atoms with Crippen molar-refractivity contribution in [1.82, 2.24) is 5.32 Å². The van der Waals surface area contributed by atoms with Crippen molar-refractivity contribution in [1.29, 1.82) is 0 Å². The number of benzene rings is 1. The number of halogens is 1. The number of nitrogens with one attached hydrogen (secondary N) is 1. The molecule has 1 unspecified atom stereocenters. The summed E-state index contributed by atoms with van der Waals surface area (Å²) in [5, 5.41) is 11.6. The van der Waals surface area contributed by atoms with Gasteiger partial charge in [-0.2, -0.15) is 0 Å². The minimum Gasteiger partial charge on any atom is -0.481 e. The molecule has 2 rings (SSSR count). The summed E-state index contributed by atoms with van der Waals surface area (Å²) in [4.78, 5) is 23.5. The second kappa shape index (κ2) is 6.87. The van der Waals surface area contributed by atoms with Crippen molar-refractivity contribution >= 4 is 11.9 Å². The quantitative estimate of drug-likeness (QED) is 0.870. The summed E-state index contributed by atoms with van der Waals surface area (Å²) in [5.74, 6) is -1.54. The second-order valence-electron chi connectivity index (χ2n) is 5.67. The molecule has 22 heavy (non-hydrogen) atoms. The standard InChI is InChI=1S/C16H20FNO4/c1-11(10-14(19)20)18-15(21)16(6-8-22-9-7-16)12-2-4-13(17)5-3-12/h2-5,11H,6-10H2,1H3,(H,18,21)(H,19,20). The Morgan fingerprint density at radius 3 is 2.45 bits per heavy atom. The molecule has 1 heterocycles. The molecule has 120 valence electrons. The van der Waals surface area contributed by atoms with E-state index in [4.69, 9.17) is 9.84 Å². The molecular weight excluding hydrogens is 289 g/mol. The Morgan fingerprint density at radius 1 is 1.32 bits per heavy atom. The maximum absolute atomic E-state index is 13.1. The number of carbonyl (C=O) groups is 2. The van der Waals surface area contributed by atoms with Crippen molar-refractivity contribution in [2.45, 2.75) is 37.6 Å². The van der Waals surface area contributed by atoms with Crippen LogP contribution in [-0.2, 0) is 19.7 Å². The molecule has 0 aromatic heterocycles. The highest BCUT2D eigenvalue weighted by Gasteiger charge is 2.42. The van der Waals surface area contributed by atoms with Gasteiger partial charge in [0.15, 0.2) is 0 Å². The van der Waals surface area contributed by atoms with E-state index in [2.05, 4.69) is 5.32 Å². The normalized spacial score (nSPS) is 18.5. The van der Waals surface area contributed by atoms with Crippen LogP contribution >= 0.6 is 0 Å². The third-order valence-electron chi connectivity index (χ3n) is 4.04. The number of carboxylic acids is 1. The number of aliphatic carboxylic acids is 1. The van der Waals surface area contributed by atoms with Gasteiger partial charge in [0, 0.05) is 19.3 Å². The minimum atomic E-state index is -0.962. The molecule has 1 amide bonds. The van der Waals surface area contributed by atoms with E-state index in [0.29, 0.717) is 26.1 Å². The molecule has 5 nitrogen and oxygen atoms in total. The van der Waals surface area contributed by atoms with Gasteiger partial charge in [-0.1, -0.05) is 12.1 Å². The fourth-order valence-corrected chi connectivity index (χ4v) is 2.81. The predicted octanol–water partition coefficient (Wildman–Crippen LogP) is 1.85. The van der Waals surface area contributed by atoms with Crippen molar-refractivity contribution in [2.75, 3.05) is 13.2 Å². The molecule has 0 spiro atoms. The van der Waals surface area contributed by atoms with Crippen LogP contribution in [0.5, 0.6) is 0 Å². The van der Waals surface area contributed by atoms with Crippen LogP contribution in [0.3, 0.4) is 0 Å². The lowest BCUT2D eigenvalue weighted by Gasteiger charge is -2.37. The van der Waals surface area contributed by atoms with Gasteiger partial charge >= 0.3 is 5.97 Å². The molecule has 6 heteroatoms. The summed E-state index contributed by atoms with van der Waals surface area (Å²) in [6.45, 7) is 2.54. The highest BCUT2D eigenvalue weighted by molar-refractivity contribution is 5.89. The number of ether oxygens (including phenoxy) is 1. The van der Waals surface area contributed by atoms with E-state index in [0.717, 1.165) is 5.56 Å². The lowest BCUT2D eigenvalue weighted by Crippen LogP contribution is -2.50. The molecule has 1 saturated heterocycles. The summed E-state index contributed by atoms with van der Waals surface area (Å²) < 4.78 is 18.5. The zero-order valence-electron chi connectivity index (χ0n) is 12.5. The summed E-state index contributed by atoms with van der Waals surface area (Å²) in [5.41, 5.74) is -0.0594. The smallest absolute Gasteiger partial charge is 0.305 e. The Morgan fingerprint density at radius 2 is 1.91 bits per heavy atom. The largest absolute Gasteiger partial charge is 0.481 e. The molecule has 1 aromatic rings. The predicted molar refractivity (Wildman–Crippen MR) is 78.0 cm³/mol. The summed E-state index contributed by atoms with van der Waals surface area (Å²) in [7, 11) is 0. The Bertz CT molecular complexity index is 538. The first-order valence-electron chi connectivity index (χ1n) is 7.30. The van der Waals surface area contributed by atoms with E-state index in [1.807, 2.05) is 0 Å². The molecule has 2 N–H and O–H groups in total. The number of hydrogen-bond acceptors (Lipinski definition) is 3. The van der Waals surface area contributed by atoms with Gasteiger partial charge in [0.25, 0.3) is 0 Å². The monoisotopic (exact) mass is 309 g/mol. The SMILES string of the molecule is CC(CC(=O)O)NC(=O)C1(c2ccc(F)cc2)CCOCC1. The number of amides is 1. The van der Waals surface area contributed by atoms with Crippen LogP contribution in [0.1, 0.15) is 31.7 Å². The highest BCUT2D eigenvalue weighted by atomic mass is 19.1.